The number of sulfone groups is 2. The molecular weight excluding hydrogens is 440 g/mol. The minimum absolute atomic E-state index is 0.0912. The van der Waals surface area contributed by atoms with Crippen molar-refractivity contribution in [2.45, 2.75) is 36.1 Å². The number of rotatable bonds is 10. The smallest absolute Gasteiger partial charge is 0.183 e. The Morgan fingerprint density at radius 3 is 2.39 bits per heavy atom. The van der Waals surface area contributed by atoms with Gasteiger partial charge < -0.3 is 14.5 Å². The van der Waals surface area contributed by atoms with E-state index in [2.05, 4.69) is 10.2 Å². The van der Waals surface area contributed by atoms with Crippen molar-refractivity contribution in [1.29, 1.82) is 0 Å². The molecule has 10 heteroatoms. The van der Waals surface area contributed by atoms with Gasteiger partial charge in [0.05, 0.1) is 41.1 Å². The molecular formula is C21H30N2O6S2. The molecule has 0 radical (unpaired) electrons. The highest BCUT2D eigenvalue weighted by atomic mass is 32.2. The van der Waals surface area contributed by atoms with E-state index in [1.165, 1.54) is 19.2 Å². The number of likely N-dealkylation sites (N-methyl/N-ethyl adjacent to an activating group) is 1. The summed E-state index contributed by atoms with van der Waals surface area (Å²) in [4.78, 5) is 2.27. The van der Waals surface area contributed by atoms with E-state index in [1.807, 2.05) is 26.0 Å². The number of furan rings is 1. The van der Waals surface area contributed by atoms with Gasteiger partial charge in [-0.2, -0.15) is 0 Å². The van der Waals surface area contributed by atoms with Gasteiger partial charge in [-0.3, -0.25) is 4.90 Å². The van der Waals surface area contributed by atoms with Crippen molar-refractivity contribution in [2.24, 2.45) is 0 Å². The maximum atomic E-state index is 13.3. The molecule has 1 aliphatic rings. The van der Waals surface area contributed by atoms with Crippen LogP contribution >= 0.6 is 0 Å². The lowest BCUT2D eigenvalue weighted by Crippen LogP contribution is -2.47. The summed E-state index contributed by atoms with van der Waals surface area (Å²) >= 11 is 0. The number of hydrogen-bond acceptors (Lipinski definition) is 8. The maximum Gasteiger partial charge on any atom is 0.183 e. The number of benzene rings is 1. The second-order valence-corrected chi connectivity index (χ2v) is 11.9. The van der Waals surface area contributed by atoms with E-state index in [0.717, 1.165) is 18.8 Å². The Labute approximate surface area is 184 Å². The molecule has 1 N–H and O–H groups in total. The van der Waals surface area contributed by atoms with Crippen molar-refractivity contribution in [3.63, 3.8) is 0 Å². The normalized spacial score (nSPS) is 21.9. The molecule has 3 rings (SSSR count). The van der Waals surface area contributed by atoms with Gasteiger partial charge in [-0.1, -0.05) is 13.8 Å². The van der Waals surface area contributed by atoms with E-state index in [0.29, 0.717) is 12.3 Å². The van der Waals surface area contributed by atoms with Gasteiger partial charge in [0, 0.05) is 12.6 Å². The van der Waals surface area contributed by atoms with Gasteiger partial charge in [-0.25, -0.2) is 16.8 Å². The number of hydrogen-bond donors (Lipinski definition) is 1. The molecule has 1 aliphatic heterocycles. The molecule has 0 amide bonds. The van der Waals surface area contributed by atoms with Crippen molar-refractivity contribution in [1.82, 2.24) is 10.2 Å². The summed E-state index contributed by atoms with van der Waals surface area (Å²) < 4.78 is 62.0. The molecule has 0 saturated carbocycles. The first-order valence-corrected chi connectivity index (χ1v) is 13.7. The summed E-state index contributed by atoms with van der Waals surface area (Å²) in [5, 5.41) is 2.18. The minimum Gasteiger partial charge on any atom is -0.497 e. The summed E-state index contributed by atoms with van der Waals surface area (Å²) in [6.07, 6.45) is 1.60. The van der Waals surface area contributed by atoms with E-state index in [1.54, 1.807) is 18.4 Å². The van der Waals surface area contributed by atoms with E-state index in [-0.39, 0.29) is 16.7 Å². The molecule has 1 saturated heterocycles. The minimum atomic E-state index is -3.85. The molecule has 0 bridgehead atoms. The van der Waals surface area contributed by atoms with Gasteiger partial charge in [0.15, 0.2) is 19.7 Å². The van der Waals surface area contributed by atoms with Crippen LogP contribution < -0.4 is 10.1 Å². The average Bonchev–Trinajstić information content (AvgIpc) is 3.39. The molecule has 8 nitrogen and oxygen atoms in total. The van der Waals surface area contributed by atoms with E-state index >= 15 is 0 Å². The quantitative estimate of drug-likeness (QED) is 0.561. The van der Waals surface area contributed by atoms with Crippen LogP contribution in [0.25, 0.3) is 0 Å². The van der Waals surface area contributed by atoms with Crippen LogP contribution in [0, 0.1) is 0 Å². The van der Waals surface area contributed by atoms with Crippen molar-refractivity contribution >= 4 is 19.7 Å². The average molecular weight is 471 g/mol. The van der Waals surface area contributed by atoms with Gasteiger partial charge in [0.1, 0.15) is 11.5 Å². The first kappa shape index (κ1) is 23.8. The zero-order valence-electron chi connectivity index (χ0n) is 18.0. The molecule has 1 aromatic heterocycles. The molecule has 3 atom stereocenters. The first-order chi connectivity index (χ1) is 14.7. The lowest BCUT2D eigenvalue weighted by molar-refractivity contribution is 0.185. The lowest BCUT2D eigenvalue weighted by atomic mass is 10.1. The summed E-state index contributed by atoms with van der Waals surface area (Å²) in [6.45, 7) is 6.01. The van der Waals surface area contributed by atoms with Crippen molar-refractivity contribution in [2.75, 3.05) is 38.2 Å². The molecule has 1 fully saturated rings. The van der Waals surface area contributed by atoms with Crippen LogP contribution in [0.1, 0.15) is 25.6 Å². The fourth-order valence-corrected chi connectivity index (χ4v) is 8.79. The Hall–Kier alpha value is -1.88. The van der Waals surface area contributed by atoms with Crippen LogP contribution in [0.4, 0.5) is 0 Å². The van der Waals surface area contributed by atoms with E-state index in [4.69, 9.17) is 9.15 Å². The molecule has 1 aromatic carbocycles. The third kappa shape index (κ3) is 5.31. The topological polar surface area (TPSA) is 106 Å². The van der Waals surface area contributed by atoms with Crippen LogP contribution in [-0.2, 0) is 19.7 Å². The second-order valence-electron chi connectivity index (χ2n) is 7.60. The predicted molar refractivity (Wildman–Crippen MR) is 119 cm³/mol. The Kier molecular flexibility index (Phi) is 7.46. The van der Waals surface area contributed by atoms with Crippen LogP contribution in [0.15, 0.2) is 52.0 Å². The zero-order chi connectivity index (χ0) is 22.6. The van der Waals surface area contributed by atoms with E-state index < -0.39 is 36.7 Å². The molecule has 0 aliphatic carbocycles. The van der Waals surface area contributed by atoms with Gasteiger partial charge in [-0.15, -0.1) is 0 Å². The molecule has 2 heterocycles. The van der Waals surface area contributed by atoms with Gasteiger partial charge in [0.2, 0.25) is 0 Å². The number of nitrogens with zero attached hydrogens (tertiary/aromatic N) is 1. The van der Waals surface area contributed by atoms with Crippen molar-refractivity contribution in [3.8, 4) is 5.75 Å². The van der Waals surface area contributed by atoms with Gasteiger partial charge in [0.25, 0.3) is 0 Å². The molecule has 172 valence electrons. The molecule has 2 aromatic rings. The zero-order valence-corrected chi connectivity index (χ0v) is 19.7. The third-order valence-corrected chi connectivity index (χ3v) is 9.95. The third-order valence-electron chi connectivity index (χ3n) is 5.79. The lowest BCUT2D eigenvalue weighted by Gasteiger charge is -2.30. The largest absolute Gasteiger partial charge is 0.497 e. The maximum absolute atomic E-state index is 13.3. The number of nitrogens with one attached hydrogen (secondary N) is 1. The molecule has 0 spiro atoms. The van der Waals surface area contributed by atoms with Gasteiger partial charge in [-0.05, 0) is 49.5 Å². The SMILES string of the molecule is CCN(CC)C(CN[C@H]1CS(=O)(=O)C[C@@H]1S(=O)(=O)c1ccc(OC)cc1)c1ccco1. The van der Waals surface area contributed by atoms with Crippen molar-refractivity contribution < 1.29 is 26.0 Å². The fraction of sp³-hybridized carbons (Fsp3) is 0.524. The van der Waals surface area contributed by atoms with E-state index in [9.17, 15) is 16.8 Å². The molecule has 31 heavy (non-hydrogen) atoms. The Morgan fingerprint density at radius 2 is 1.84 bits per heavy atom. The molecule has 1 unspecified atom stereocenters. The monoisotopic (exact) mass is 470 g/mol. The van der Waals surface area contributed by atoms with Crippen molar-refractivity contribution in [3.05, 3.63) is 48.4 Å². The highest BCUT2D eigenvalue weighted by Crippen LogP contribution is 2.28. The predicted octanol–water partition coefficient (Wildman–Crippen LogP) is 1.90. The Morgan fingerprint density at radius 1 is 1.16 bits per heavy atom. The highest BCUT2D eigenvalue weighted by Gasteiger charge is 2.46. The number of methoxy groups -OCH3 is 1. The van der Waals surface area contributed by atoms with Gasteiger partial charge >= 0.3 is 0 Å². The summed E-state index contributed by atoms with van der Waals surface area (Å²) in [5.74, 6) is 0.686. The van der Waals surface area contributed by atoms with Crippen LogP contribution in [0.2, 0.25) is 0 Å². The standard InChI is InChI=1S/C21H30N2O6S2/c1-4-23(5-2)19(20-7-6-12-29-20)13-22-18-14-30(24,25)15-21(18)31(26,27)17-10-8-16(28-3)9-11-17/h6-12,18-19,21-22H,4-5,13-15H2,1-3H3/t18-,19?,21-/m0/s1. The highest BCUT2D eigenvalue weighted by molar-refractivity contribution is 7.96. The number of ether oxygens (including phenoxy) is 1. The summed E-state index contributed by atoms with van der Waals surface area (Å²) in [7, 11) is -5.84. The Bertz CT molecular complexity index is 1050. The van der Waals surface area contributed by atoms with Crippen LogP contribution in [0.5, 0.6) is 5.75 Å². The summed E-state index contributed by atoms with van der Waals surface area (Å²) in [6, 6.07) is 8.89. The second kappa shape index (κ2) is 9.72. The fourth-order valence-electron chi connectivity index (χ4n) is 4.07. The van der Waals surface area contributed by atoms with Crippen LogP contribution in [-0.4, -0.2) is 71.3 Å². The Balaban J connectivity index is 1.84. The van der Waals surface area contributed by atoms with Crippen LogP contribution in [0.3, 0.4) is 0 Å². The summed E-state index contributed by atoms with van der Waals surface area (Å²) in [5.41, 5.74) is 0. The first-order valence-electron chi connectivity index (χ1n) is 10.3.